The third kappa shape index (κ3) is 4.66. The quantitative estimate of drug-likeness (QED) is 0.645. The molecule has 1 N–H and O–H groups in total. The minimum absolute atomic E-state index is 0.211. The molecule has 6 heteroatoms. The van der Waals surface area contributed by atoms with Gasteiger partial charge in [0.05, 0.1) is 11.4 Å². The summed E-state index contributed by atoms with van der Waals surface area (Å²) >= 11 is 0. The van der Waals surface area contributed by atoms with Crippen LogP contribution in [0.15, 0.2) is 65.6 Å². The Balaban J connectivity index is 1.73. The fourth-order valence-electron chi connectivity index (χ4n) is 3.35. The number of hydrogen-bond acceptors (Lipinski definition) is 3. The van der Waals surface area contributed by atoms with Gasteiger partial charge in [-0.25, -0.2) is 8.42 Å². The second kappa shape index (κ2) is 8.76. The summed E-state index contributed by atoms with van der Waals surface area (Å²) < 4.78 is 27.3. The Labute approximate surface area is 172 Å². The molecule has 0 radical (unpaired) electrons. The lowest BCUT2D eigenvalue weighted by Crippen LogP contribution is -2.40. The van der Waals surface area contributed by atoms with E-state index in [2.05, 4.69) is 5.32 Å². The number of aryl methyl sites for hydroxylation is 2. The van der Waals surface area contributed by atoms with Crippen LogP contribution in [-0.2, 0) is 21.4 Å². The van der Waals surface area contributed by atoms with Gasteiger partial charge in [0.1, 0.15) is 0 Å². The van der Waals surface area contributed by atoms with Crippen molar-refractivity contribution >= 4 is 26.7 Å². The van der Waals surface area contributed by atoms with Crippen LogP contribution in [0.2, 0.25) is 0 Å². The van der Waals surface area contributed by atoms with Gasteiger partial charge >= 0.3 is 0 Å². The average Bonchev–Trinajstić information content (AvgIpc) is 2.71. The summed E-state index contributed by atoms with van der Waals surface area (Å²) in [6.07, 6.45) is 0. The summed E-state index contributed by atoms with van der Waals surface area (Å²) in [6.45, 7) is 5.71. The maximum absolute atomic E-state index is 13.1. The fourth-order valence-corrected chi connectivity index (χ4v) is 5.06. The number of sulfonamides is 1. The van der Waals surface area contributed by atoms with Crippen molar-refractivity contribution in [2.45, 2.75) is 32.2 Å². The van der Waals surface area contributed by atoms with Crippen molar-refractivity contribution in [3.8, 4) is 0 Å². The van der Waals surface area contributed by atoms with Crippen LogP contribution >= 0.6 is 0 Å². The van der Waals surface area contributed by atoms with Gasteiger partial charge in [-0.15, -0.1) is 0 Å². The van der Waals surface area contributed by atoms with Gasteiger partial charge in [-0.2, -0.15) is 4.31 Å². The Morgan fingerprint density at radius 3 is 2.48 bits per heavy atom. The van der Waals surface area contributed by atoms with Crippen molar-refractivity contribution in [2.24, 2.45) is 0 Å². The first kappa shape index (κ1) is 21.0. The molecular weight excluding hydrogens is 384 g/mol. The lowest BCUT2D eigenvalue weighted by atomic mass is 10.0. The van der Waals surface area contributed by atoms with Crippen LogP contribution in [0.1, 0.15) is 23.6 Å². The van der Waals surface area contributed by atoms with E-state index in [4.69, 9.17) is 0 Å². The van der Waals surface area contributed by atoms with Gasteiger partial charge in [0.2, 0.25) is 15.9 Å². The maximum atomic E-state index is 13.1. The van der Waals surface area contributed by atoms with Crippen molar-refractivity contribution in [1.82, 2.24) is 9.62 Å². The molecule has 0 aliphatic heterocycles. The van der Waals surface area contributed by atoms with Gasteiger partial charge in [0.15, 0.2) is 0 Å². The number of carbonyl (C=O) groups is 1. The highest BCUT2D eigenvalue weighted by molar-refractivity contribution is 7.89. The zero-order valence-electron chi connectivity index (χ0n) is 17.0. The van der Waals surface area contributed by atoms with Gasteiger partial charge in [0, 0.05) is 13.1 Å². The molecule has 0 saturated heterocycles. The van der Waals surface area contributed by atoms with Crippen LogP contribution in [0.25, 0.3) is 10.8 Å². The van der Waals surface area contributed by atoms with Crippen LogP contribution in [0.4, 0.5) is 0 Å². The molecule has 1 amide bonds. The highest BCUT2D eigenvalue weighted by atomic mass is 32.2. The first-order chi connectivity index (χ1) is 13.8. The predicted octanol–water partition coefficient (Wildman–Crippen LogP) is 3.78. The monoisotopic (exact) mass is 410 g/mol. The summed E-state index contributed by atoms with van der Waals surface area (Å²) in [7, 11) is -3.74. The molecule has 0 atom stereocenters. The molecule has 29 heavy (non-hydrogen) atoms. The van der Waals surface area contributed by atoms with E-state index in [1.165, 1.54) is 4.31 Å². The topological polar surface area (TPSA) is 66.5 Å². The van der Waals surface area contributed by atoms with Crippen molar-refractivity contribution in [3.63, 3.8) is 0 Å². The number of carbonyl (C=O) groups excluding carboxylic acids is 1. The zero-order valence-corrected chi connectivity index (χ0v) is 17.8. The fraction of sp³-hybridized carbons (Fsp3) is 0.261. The third-order valence-corrected chi connectivity index (χ3v) is 7.05. The Bertz CT molecular complexity index is 1130. The molecular formula is C23H26N2O3S. The maximum Gasteiger partial charge on any atom is 0.243 e. The number of fused-ring (bicyclic) bond motifs is 1. The van der Waals surface area contributed by atoms with E-state index in [9.17, 15) is 13.2 Å². The average molecular weight is 411 g/mol. The van der Waals surface area contributed by atoms with Gasteiger partial charge in [0.25, 0.3) is 0 Å². The normalized spacial score (nSPS) is 11.7. The molecule has 0 bridgehead atoms. The summed E-state index contributed by atoms with van der Waals surface area (Å²) in [5.74, 6) is -0.325. The third-order valence-electron chi connectivity index (χ3n) is 4.99. The lowest BCUT2D eigenvalue weighted by molar-refractivity contribution is -0.121. The van der Waals surface area contributed by atoms with Crippen LogP contribution in [0, 0.1) is 13.8 Å². The zero-order chi connectivity index (χ0) is 21.0. The SMILES string of the molecule is CCN(CC(=O)NCc1cccc2ccccc12)S(=O)(=O)c1cc(C)ccc1C. The summed E-state index contributed by atoms with van der Waals surface area (Å²) in [4.78, 5) is 12.8. The number of hydrogen-bond donors (Lipinski definition) is 1. The first-order valence-electron chi connectivity index (χ1n) is 9.63. The Morgan fingerprint density at radius 1 is 1.00 bits per heavy atom. The molecule has 0 spiro atoms. The highest BCUT2D eigenvalue weighted by Crippen LogP contribution is 2.21. The number of likely N-dealkylation sites (N-methyl/N-ethyl adjacent to an activating group) is 1. The lowest BCUT2D eigenvalue weighted by Gasteiger charge is -2.21. The highest BCUT2D eigenvalue weighted by Gasteiger charge is 2.26. The molecule has 3 aromatic rings. The Kier molecular flexibility index (Phi) is 6.35. The van der Waals surface area contributed by atoms with Crippen LogP contribution < -0.4 is 5.32 Å². The molecule has 0 fully saturated rings. The minimum Gasteiger partial charge on any atom is -0.351 e. The Hall–Kier alpha value is -2.70. The van der Waals surface area contributed by atoms with Crippen LogP contribution in [-0.4, -0.2) is 31.7 Å². The van der Waals surface area contributed by atoms with Crippen LogP contribution in [0.5, 0.6) is 0 Å². The molecule has 0 saturated carbocycles. The van der Waals surface area contributed by atoms with E-state index in [0.717, 1.165) is 21.9 Å². The molecule has 152 valence electrons. The molecule has 0 aromatic heterocycles. The van der Waals surface area contributed by atoms with Crippen molar-refractivity contribution in [1.29, 1.82) is 0 Å². The number of nitrogens with one attached hydrogen (secondary N) is 1. The molecule has 0 heterocycles. The number of rotatable bonds is 7. The van der Waals surface area contributed by atoms with Crippen molar-refractivity contribution in [3.05, 3.63) is 77.4 Å². The first-order valence-corrected chi connectivity index (χ1v) is 11.1. The molecule has 0 unspecified atom stereocenters. The molecule has 0 aliphatic rings. The second-order valence-corrected chi connectivity index (χ2v) is 9.02. The van der Waals surface area contributed by atoms with E-state index < -0.39 is 10.0 Å². The Morgan fingerprint density at radius 2 is 1.72 bits per heavy atom. The number of nitrogens with zero attached hydrogens (tertiary/aromatic N) is 1. The van der Waals surface area contributed by atoms with E-state index in [0.29, 0.717) is 12.1 Å². The molecule has 0 aliphatic carbocycles. The van der Waals surface area contributed by atoms with E-state index >= 15 is 0 Å². The van der Waals surface area contributed by atoms with E-state index in [1.807, 2.05) is 55.5 Å². The van der Waals surface area contributed by atoms with Gasteiger partial charge < -0.3 is 5.32 Å². The smallest absolute Gasteiger partial charge is 0.243 e. The molecule has 3 rings (SSSR count). The summed E-state index contributed by atoms with van der Waals surface area (Å²) in [6, 6.07) is 19.2. The van der Waals surface area contributed by atoms with Gasteiger partial charge in [-0.3, -0.25) is 4.79 Å². The van der Waals surface area contributed by atoms with Crippen molar-refractivity contribution < 1.29 is 13.2 Å². The summed E-state index contributed by atoms with van der Waals surface area (Å²) in [5, 5.41) is 5.04. The molecule has 5 nitrogen and oxygen atoms in total. The van der Waals surface area contributed by atoms with Crippen molar-refractivity contribution in [2.75, 3.05) is 13.1 Å². The van der Waals surface area contributed by atoms with E-state index in [-0.39, 0.29) is 23.9 Å². The standard InChI is InChI=1S/C23H26N2O3S/c1-4-25(29(27,28)22-14-17(2)12-13-18(22)3)16-23(26)24-15-20-10-7-9-19-8-5-6-11-21(19)20/h5-14H,4,15-16H2,1-3H3,(H,24,26). The minimum atomic E-state index is -3.74. The van der Waals surface area contributed by atoms with Gasteiger partial charge in [-0.05, 0) is 47.4 Å². The number of amides is 1. The molecule has 3 aromatic carbocycles. The predicted molar refractivity (Wildman–Crippen MR) is 116 cm³/mol. The second-order valence-electron chi connectivity index (χ2n) is 7.12. The van der Waals surface area contributed by atoms with E-state index in [1.54, 1.807) is 26.0 Å². The largest absolute Gasteiger partial charge is 0.351 e. The summed E-state index contributed by atoms with van der Waals surface area (Å²) in [5.41, 5.74) is 2.53. The van der Waals surface area contributed by atoms with Crippen LogP contribution in [0.3, 0.4) is 0 Å². The van der Waals surface area contributed by atoms with Gasteiger partial charge in [-0.1, -0.05) is 61.5 Å². The number of benzene rings is 3.